The molecule has 0 aliphatic carbocycles. The summed E-state index contributed by atoms with van der Waals surface area (Å²) >= 11 is 0. The zero-order chi connectivity index (χ0) is 18.5. The number of methoxy groups -OCH3 is 1. The third-order valence-electron chi connectivity index (χ3n) is 4.04. The van der Waals surface area contributed by atoms with Crippen LogP contribution in [0.5, 0.6) is 5.75 Å². The van der Waals surface area contributed by atoms with Gasteiger partial charge in [-0.05, 0) is 36.8 Å². The minimum absolute atomic E-state index is 0.242. The molecule has 0 spiro atoms. The van der Waals surface area contributed by atoms with Gasteiger partial charge in [-0.25, -0.2) is 4.79 Å². The number of Topliss-reactive ketones (excluding diaryl/α,β-unsaturated/α-hetero) is 1. The molecule has 0 aliphatic heterocycles. The molecule has 0 fully saturated rings. The van der Waals surface area contributed by atoms with E-state index < -0.39 is 12.1 Å². The Bertz CT molecular complexity index is 954. The zero-order valence-corrected chi connectivity index (χ0v) is 14.6. The number of hydrogen-bond donors (Lipinski definition) is 1. The standard InChI is InChI=1S/C21H19NO4/c1-14(21(24)18-13-22-19-6-4-3-5-17(18)19)26-20(23)12-9-15-7-10-16(25-2)11-8-15/h3-14,22H,1-2H3/b12-9+/t14-/m1/s1. The van der Waals surface area contributed by atoms with Gasteiger partial charge in [-0.15, -0.1) is 0 Å². The van der Waals surface area contributed by atoms with Crippen LogP contribution in [0.25, 0.3) is 17.0 Å². The van der Waals surface area contributed by atoms with Crippen molar-refractivity contribution < 1.29 is 19.1 Å². The number of fused-ring (bicyclic) bond motifs is 1. The Morgan fingerprint density at radius 3 is 2.54 bits per heavy atom. The Hall–Kier alpha value is -3.34. The van der Waals surface area contributed by atoms with Crippen molar-refractivity contribution >= 4 is 28.7 Å². The van der Waals surface area contributed by atoms with Crippen molar-refractivity contribution in [3.8, 4) is 5.75 Å². The van der Waals surface area contributed by atoms with Gasteiger partial charge in [0.05, 0.1) is 7.11 Å². The minimum Gasteiger partial charge on any atom is -0.497 e. The summed E-state index contributed by atoms with van der Waals surface area (Å²) in [7, 11) is 1.59. The van der Waals surface area contributed by atoms with Crippen LogP contribution in [-0.2, 0) is 9.53 Å². The molecule has 1 aromatic heterocycles. The van der Waals surface area contributed by atoms with Gasteiger partial charge in [0.2, 0.25) is 5.78 Å². The number of H-pyrrole nitrogens is 1. The second-order valence-electron chi connectivity index (χ2n) is 5.80. The average Bonchev–Trinajstić information content (AvgIpc) is 3.10. The lowest BCUT2D eigenvalue weighted by Crippen LogP contribution is -2.23. The molecular weight excluding hydrogens is 330 g/mol. The molecule has 132 valence electrons. The highest BCUT2D eigenvalue weighted by molar-refractivity contribution is 6.10. The Labute approximate surface area is 151 Å². The number of hydrogen-bond acceptors (Lipinski definition) is 4. The lowest BCUT2D eigenvalue weighted by Gasteiger charge is -2.10. The number of benzene rings is 2. The molecule has 3 aromatic rings. The van der Waals surface area contributed by atoms with E-state index in [-0.39, 0.29) is 5.78 Å². The van der Waals surface area contributed by atoms with Crippen LogP contribution in [0.1, 0.15) is 22.8 Å². The van der Waals surface area contributed by atoms with E-state index in [0.29, 0.717) is 5.56 Å². The summed E-state index contributed by atoms with van der Waals surface area (Å²) in [6, 6.07) is 14.7. The van der Waals surface area contributed by atoms with Crippen molar-refractivity contribution in [2.24, 2.45) is 0 Å². The number of carbonyl (C=O) groups excluding carboxylic acids is 2. The van der Waals surface area contributed by atoms with Gasteiger partial charge in [0.1, 0.15) is 5.75 Å². The molecule has 5 heteroatoms. The molecule has 0 saturated heterocycles. The molecule has 26 heavy (non-hydrogen) atoms. The van der Waals surface area contributed by atoms with Crippen LogP contribution >= 0.6 is 0 Å². The largest absolute Gasteiger partial charge is 0.497 e. The van der Waals surface area contributed by atoms with Crippen LogP contribution in [0.15, 0.2) is 60.8 Å². The van der Waals surface area contributed by atoms with E-state index in [1.807, 2.05) is 36.4 Å². The highest BCUT2D eigenvalue weighted by atomic mass is 16.5. The van der Waals surface area contributed by atoms with Crippen LogP contribution in [-0.4, -0.2) is 30.0 Å². The third-order valence-corrected chi connectivity index (χ3v) is 4.04. The highest BCUT2D eigenvalue weighted by Crippen LogP contribution is 2.20. The first-order valence-corrected chi connectivity index (χ1v) is 8.21. The topological polar surface area (TPSA) is 68.4 Å². The van der Waals surface area contributed by atoms with Crippen LogP contribution in [0.2, 0.25) is 0 Å². The number of aromatic amines is 1. The van der Waals surface area contributed by atoms with Crippen LogP contribution < -0.4 is 4.74 Å². The summed E-state index contributed by atoms with van der Waals surface area (Å²) in [6.45, 7) is 1.57. The van der Waals surface area contributed by atoms with Crippen molar-refractivity contribution in [1.82, 2.24) is 4.98 Å². The summed E-state index contributed by atoms with van der Waals surface area (Å²) in [6.07, 6.45) is 3.71. The fourth-order valence-corrected chi connectivity index (χ4v) is 2.64. The maximum atomic E-state index is 12.6. The van der Waals surface area contributed by atoms with Crippen molar-refractivity contribution in [2.45, 2.75) is 13.0 Å². The molecule has 2 aromatic carbocycles. The molecule has 3 rings (SSSR count). The Morgan fingerprint density at radius 2 is 1.81 bits per heavy atom. The number of rotatable bonds is 6. The normalized spacial score (nSPS) is 12.2. The number of para-hydroxylation sites is 1. The quantitative estimate of drug-likeness (QED) is 0.415. The molecule has 1 atom stereocenters. The molecule has 0 bridgehead atoms. The van der Waals surface area contributed by atoms with Crippen LogP contribution in [0.3, 0.4) is 0 Å². The van der Waals surface area contributed by atoms with E-state index in [0.717, 1.165) is 22.2 Å². The molecule has 0 unspecified atom stereocenters. The number of ether oxygens (including phenoxy) is 2. The van der Waals surface area contributed by atoms with E-state index in [9.17, 15) is 9.59 Å². The second kappa shape index (κ2) is 7.70. The third kappa shape index (κ3) is 3.83. The maximum Gasteiger partial charge on any atom is 0.331 e. The van der Waals surface area contributed by atoms with Gasteiger partial charge in [-0.2, -0.15) is 0 Å². The Morgan fingerprint density at radius 1 is 1.08 bits per heavy atom. The Balaban J connectivity index is 1.64. The number of ketones is 1. The Kier molecular flexibility index (Phi) is 5.17. The fraction of sp³-hybridized carbons (Fsp3) is 0.143. The number of aromatic nitrogens is 1. The molecule has 1 N–H and O–H groups in total. The predicted octanol–water partition coefficient (Wildman–Crippen LogP) is 4.00. The average molecular weight is 349 g/mol. The first-order valence-electron chi connectivity index (χ1n) is 8.21. The smallest absolute Gasteiger partial charge is 0.331 e. The van der Waals surface area contributed by atoms with Gasteiger partial charge in [0.25, 0.3) is 0 Å². The summed E-state index contributed by atoms with van der Waals surface area (Å²) in [5.74, 6) is -0.0715. The highest BCUT2D eigenvalue weighted by Gasteiger charge is 2.21. The van der Waals surface area contributed by atoms with Crippen molar-refractivity contribution in [3.63, 3.8) is 0 Å². The van der Waals surface area contributed by atoms with Gasteiger partial charge in [-0.1, -0.05) is 30.3 Å². The first-order chi connectivity index (χ1) is 12.6. The van der Waals surface area contributed by atoms with Gasteiger partial charge >= 0.3 is 5.97 Å². The van der Waals surface area contributed by atoms with Crippen LogP contribution in [0, 0.1) is 0 Å². The summed E-state index contributed by atoms with van der Waals surface area (Å²) < 4.78 is 10.3. The predicted molar refractivity (Wildman–Crippen MR) is 100 cm³/mol. The van der Waals surface area contributed by atoms with Crippen molar-refractivity contribution in [1.29, 1.82) is 0 Å². The number of esters is 1. The lowest BCUT2D eigenvalue weighted by molar-refractivity contribution is -0.140. The maximum absolute atomic E-state index is 12.6. The molecule has 0 amide bonds. The second-order valence-corrected chi connectivity index (χ2v) is 5.80. The molecule has 1 heterocycles. The van der Waals surface area contributed by atoms with Gasteiger partial charge in [-0.3, -0.25) is 4.79 Å². The monoisotopic (exact) mass is 349 g/mol. The molecule has 0 aliphatic rings. The number of nitrogens with one attached hydrogen (secondary N) is 1. The van der Waals surface area contributed by atoms with E-state index in [2.05, 4.69) is 4.98 Å². The molecule has 0 radical (unpaired) electrons. The van der Waals surface area contributed by atoms with E-state index in [1.165, 1.54) is 6.08 Å². The van der Waals surface area contributed by atoms with Gasteiger partial charge < -0.3 is 14.5 Å². The molecule has 5 nitrogen and oxygen atoms in total. The zero-order valence-electron chi connectivity index (χ0n) is 14.6. The van der Waals surface area contributed by atoms with Crippen molar-refractivity contribution in [3.05, 3.63) is 71.9 Å². The fourth-order valence-electron chi connectivity index (χ4n) is 2.64. The van der Waals surface area contributed by atoms with Gasteiger partial charge in [0, 0.05) is 28.7 Å². The SMILES string of the molecule is COc1ccc(/C=C/C(=O)O[C@H](C)C(=O)c2c[nH]c3ccccc23)cc1. The molecular formula is C21H19NO4. The first kappa shape index (κ1) is 17.5. The van der Waals surface area contributed by atoms with E-state index in [1.54, 1.807) is 38.4 Å². The van der Waals surface area contributed by atoms with Crippen LogP contribution in [0.4, 0.5) is 0 Å². The van der Waals surface area contributed by atoms with Gasteiger partial charge in [0.15, 0.2) is 6.10 Å². The van der Waals surface area contributed by atoms with E-state index >= 15 is 0 Å². The summed E-state index contributed by atoms with van der Waals surface area (Å²) in [4.78, 5) is 27.6. The van der Waals surface area contributed by atoms with E-state index in [4.69, 9.17) is 9.47 Å². The van der Waals surface area contributed by atoms with Crippen molar-refractivity contribution in [2.75, 3.05) is 7.11 Å². The summed E-state index contributed by atoms with van der Waals surface area (Å²) in [5.41, 5.74) is 2.21. The number of carbonyl (C=O) groups is 2. The molecule has 0 saturated carbocycles. The lowest BCUT2D eigenvalue weighted by atomic mass is 10.1. The minimum atomic E-state index is -0.873. The summed E-state index contributed by atoms with van der Waals surface area (Å²) in [5, 5.41) is 0.814.